The number of benzene rings is 2. The maximum atomic E-state index is 11.2. The third-order valence-corrected chi connectivity index (χ3v) is 7.16. The van der Waals surface area contributed by atoms with Crippen LogP contribution < -0.4 is 9.47 Å². The number of piperidine rings is 1. The first kappa shape index (κ1) is 24.3. The van der Waals surface area contributed by atoms with Crippen LogP contribution in [0.2, 0.25) is 5.02 Å². The number of likely N-dealkylation sites (tertiary alicyclic amines) is 1. The summed E-state index contributed by atoms with van der Waals surface area (Å²) in [6.07, 6.45) is 6.68. The fourth-order valence-electron chi connectivity index (χ4n) is 4.92. The average molecular weight is 502 g/mol. The lowest BCUT2D eigenvalue weighted by molar-refractivity contribution is -0.0254. The highest BCUT2D eigenvalue weighted by atomic mass is 35.5. The normalized spacial score (nSPS) is 17.9. The molecule has 6 nitrogen and oxygen atoms in total. The van der Waals surface area contributed by atoms with E-state index in [0.717, 1.165) is 48.4 Å². The van der Waals surface area contributed by atoms with Crippen LogP contribution in [-0.4, -0.2) is 41.2 Å². The van der Waals surface area contributed by atoms with Gasteiger partial charge in [-0.15, -0.1) is 0 Å². The van der Waals surface area contributed by atoms with E-state index in [1.54, 1.807) is 6.20 Å². The van der Waals surface area contributed by atoms with E-state index in [2.05, 4.69) is 22.0 Å². The molecule has 0 unspecified atom stereocenters. The number of aromatic nitrogens is 1. The summed E-state index contributed by atoms with van der Waals surface area (Å²) < 4.78 is 12.0. The van der Waals surface area contributed by atoms with Crippen molar-refractivity contribution in [2.45, 2.75) is 31.3 Å². The lowest BCUT2D eigenvalue weighted by Crippen LogP contribution is -2.42. The summed E-state index contributed by atoms with van der Waals surface area (Å²) in [5, 5.41) is 20.8. The first-order valence-corrected chi connectivity index (χ1v) is 12.6. The maximum absolute atomic E-state index is 11.2. The molecule has 0 aliphatic carbocycles. The number of nitriles is 1. The van der Waals surface area contributed by atoms with E-state index in [1.807, 2.05) is 54.6 Å². The first-order valence-electron chi connectivity index (χ1n) is 12.2. The van der Waals surface area contributed by atoms with Crippen molar-refractivity contribution in [3.05, 3.63) is 94.3 Å². The fraction of sp³-hybridized carbons (Fsp3) is 0.310. The first-order chi connectivity index (χ1) is 17.6. The topological polar surface area (TPSA) is 78.6 Å². The molecule has 0 spiro atoms. The minimum absolute atomic E-state index is 0.0403. The fourth-order valence-corrected chi connectivity index (χ4v) is 5.04. The van der Waals surface area contributed by atoms with Gasteiger partial charge in [-0.05, 0) is 60.7 Å². The second-order valence-electron chi connectivity index (χ2n) is 9.22. The van der Waals surface area contributed by atoms with Gasteiger partial charge in [0.25, 0.3) is 0 Å². The van der Waals surface area contributed by atoms with Crippen LogP contribution in [0.5, 0.6) is 11.5 Å². The molecule has 5 rings (SSSR count). The van der Waals surface area contributed by atoms with E-state index < -0.39 is 5.60 Å². The van der Waals surface area contributed by atoms with Gasteiger partial charge < -0.3 is 19.5 Å². The Balaban J connectivity index is 1.29. The van der Waals surface area contributed by atoms with Crippen LogP contribution in [0.15, 0.2) is 66.9 Å². The zero-order valence-corrected chi connectivity index (χ0v) is 20.7. The number of aliphatic hydroxyl groups is 1. The van der Waals surface area contributed by atoms with E-state index in [1.165, 1.54) is 0 Å². The molecule has 0 bridgehead atoms. The van der Waals surface area contributed by atoms with Crippen molar-refractivity contribution in [3.63, 3.8) is 0 Å². The molecule has 2 aliphatic rings. The van der Waals surface area contributed by atoms with Crippen molar-refractivity contribution in [1.29, 1.82) is 5.26 Å². The Morgan fingerprint density at radius 1 is 1.11 bits per heavy atom. The number of hydrogen-bond acceptors (Lipinski definition) is 6. The van der Waals surface area contributed by atoms with Gasteiger partial charge in [-0.2, -0.15) is 5.26 Å². The smallest absolute Gasteiger partial charge is 0.174 e. The molecule has 2 aliphatic heterocycles. The van der Waals surface area contributed by atoms with Crippen LogP contribution in [0.3, 0.4) is 0 Å². The number of nitrogens with zero attached hydrogens (tertiary/aromatic N) is 3. The van der Waals surface area contributed by atoms with Gasteiger partial charge in [-0.3, -0.25) is 4.98 Å². The number of para-hydroxylation sites is 1. The molecular weight excluding hydrogens is 474 g/mol. The van der Waals surface area contributed by atoms with Gasteiger partial charge in [0.05, 0.1) is 5.60 Å². The molecule has 3 heterocycles. The maximum Gasteiger partial charge on any atom is 0.174 e. The van der Waals surface area contributed by atoms with Gasteiger partial charge in [0.2, 0.25) is 0 Å². The van der Waals surface area contributed by atoms with Gasteiger partial charge in [0.1, 0.15) is 17.5 Å². The van der Waals surface area contributed by atoms with Gasteiger partial charge in [-0.25, -0.2) is 0 Å². The molecule has 0 radical (unpaired) electrons. The third-order valence-electron chi connectivity index (χ3n) is 6.91. The van der Waals surface area contributed by atoms with Crippen LogP contribution in [0.1, 0.15) is 41.6 Å². The Morgan fingerprint density at radius 3 is 2.67 bits per heavy atom. The number of rotatable bonds is 6. The molecule has 3 aromatic rings. The predicted molar refractivity (Wildman–Crippen MR) is 139 cm³/mol. The van der Waals surface area contributed by atoms with Crippen LogP contribution in [0.25, 0.3) is 5.76 Å². The Hall–Kier alpha value is -3.37. The van der Waals surface area contributed by atoms with E-state index >= 15 is 0 Å². The molecule has 184 valence electrons. The van der Waals surface area contributed by atoms with Gasteiger partial charge in [0, 0.05) is 42.8 Å². The highest BCUT2D eigenvalue weighted by molar-refractivity contribution is 6.30. The standard InChI is InChI=1S/C29H28ClN3O3/c30-24-10-8-23(9-11-24)29(34)12-17-33(18-13-29)16-3-7-25-27-21(5-2-15-32-27)20-22-4-1-6-26(28(22)36-25)35-19-14-31/h1-2,4-11,15,34H,3,12-13,16-20H2. The van der Waals surface area contributed by atoms with Crippen LogP contribution >= 0.6 is 11.6 Å². The number of ether oxygens (including phenoxy) is 2. The molecule has 1 fully saturated rings. The molecule has 0 saturated carbocycles. The molecule has 36 heavy (non-hydrogen) atoms. The zero-order valence-electron chi connectivity index (χ0n) is 20.0. The Morgan fingerprint density at radius 2 is 1.89 bits per heavy atom. The molecule has 7 heteroatoms. The molecule has 0 amide bonds. The monoisotopic (exact) mass is 501 g/mol. The minimum Gasteiger partial charge on any atom is -0.475 e. The van der Waals surface area contributed by atoms with Crippen molar-refractivity contribution in [2.75, 3.05) is 26.2 Å². The van der Waals surface area contributed by atoms with E-state index in [9.17, 15) is 5.11 Å². The highest BCUT2D eigenvalue weighted by Gasteiger charge is 2.33. The Labute approximate surface area is 216 Å². The second kappa shape index (κ2) is 10.7. The highest BCUT2D eigenvalue weighted by Crippen LogP contribution is 2.39. The largest absolute Gasteiger partial charge is 0.475 e. The van der Waals surface area contributed by atoms with E-state index in [0.29, 0.717) is 41.5 Å². The molecule has 1 saturated heterocycles. The summed E-state index contributed by atoms with van der Waals surface area (Å²) in [5.74, 6) is 1.90. The zero-order chi connectivity index (χ0) is 25.0. The van der Waals surface area contributed by atoms with Crippen molar-refractivity contribution in [3.8, 4) is 17.6 Å². The quantitative estimate of drug-likeness (QED) is 0.491. The van der Waals surface area contributed by atoms with Crippen molar-refractivity contribution >= 4 is 17.4 Å². The lowest BCUT2D eigenvalue weighted by atomic mass is 9.84. The van der Waals surface area contributed by atoms with Crippen LogP contribution in [0, 0.1) is 11.3 Å². The molecule has 1 aromatic heterocycles. The van der Waals surface area contributed by atoms with Gasteiger partial charge >= 0.3 is 0 Å². The van der Waals surface area contributed by atoms with Crippen LogP contribution in [-0.2, 0) is 12.0 Å². The SMILES string of the molecule is N#CCOc1cccc2c1OC(=CCCN1CCC(O)(c3ccc(Cl)cc3)CC1)c1ncccc1C2. The number of fused-ring (bicyclic) bond motifs is 2. The summed E-state index contributed by atoms with van der Waals surface area (Å²) in [7, 11) is 0. The van der Waals surface area contributed by atoms with Crippen molar-refractivity contribution < 1.29 is 14.6 Å². The lowest BCUT2D eigenvalue weighted by Gasteiger charge is -2.38. The Bertz CT molecular complexity index is 1290. The molecule has 0 atom stereocenters. The summed E-state index contributed by atoms with van der Waals surface area (Å²) in [6.45, 7) is 2.44. The third kappa shape index (κ3) is 5.24. The molecule has 1 N–H and O–H groups in total. The number of pyridine rings is 1. The summed E-state index contributed by atoms with van der Waals surface area (Å²) in [5.41, 5.74) is 3.04. The number of halogens is 1. The molecule has 2 aromatic carbocycles. The van der Waals surface area contributed by atoms with Gasteiger partial charge in [0.15, 0.2) is 18.1 Å². The summed E-state index contributed by atoms with van der Waals surface area (Å²) in [6, 6.07) is 19.3. The van der Waals surface area contributed by atoms with Crippen molar-refractivity contribution in [1.82, 2.24) is 9.88 Å². The average Bonchev–Trinajstić information content (AvgIpc) is 3.06. The summed E-state index contributed by atoms with van der Waals surface area (Å²) in [4.78, 5) is 6.99. The second-order valence-corrected chi connectivity index (χ2v) is 9.65. The van der Waals surface area contributed by atoms with E-state index in [-0.39, 0.29) is 6.61 Å². The summed E-state index contributed by atoms with van der Waals surface area (Å²) >= 11 is 6.01. The molecular formula is C29H28ClN3O3. The van der Waals surface area contributed by atoms with Crippen molar-refractivity contribution in [2.24, 2.45) is 0 Å². The minimum atomic E-state index is -0.809. The number of hydrogen-bond donors (Lipinski definition) is 1. The predicted octanol–water partition coefficient (Wildman–Crippen LogP) is 5.34. The Kier molecular flexibility index (Phi) is 7.24. The van der Waals surface area contributed by atoms with Crippen LogP contribution in [0.4, 0.5) is 0 Å². The van der Waals surface area contributed by atoms with E-state index in [4.69, 9.17) is 26.3 Å². The van der Waals surface area contributed by atoms with Gasteiger partial charge in [-0.1, -0.05) is 41.9 Å².